The Morgan fingerprint density at radius 3 is 2.83 bits per heavy atom. The summed E-state index contributed by atoms with van der Waals surface area (Å²) in [7, 11) is 3.07. The van der Waals surface area contributed by atoms with Crippen LogP contribution in [0.5, 0.6) is 0 Å². The largest absolute Gasteiger partial charge is 0.468 e. The maximum absolute atomic E-state index is 11.0. The molecule has 1 aliphatic heterocycles. The lowest BCUT2D eigenvalue weighted by atomic mass is 10.2. The Labute approximate surface area is 72.2 Å². The number of ether oxygens (including phenoxy) is 2. The van der Waals surface area contributed by atoms with Gasteiger partial charge in [0.1, 0.15) is 6.04 Å². The van der Waals surface area contributed by atoms with Crippen LogP contribution >= 0.6 is 0 Å². The van der Waals surface area contributed by atoms with Crippen molar-refractivity contribution in [2.45, 2.75) is 24.9 Å². The van der Waals surface area contributed by atoms with Crippen LogP contribution in [0.2, 0.25) is 0 Å². The number of hydrogen-bond acceptors (Lipinski definition) is 4. The van der Waals surface area contributed by atoms with Crippen LogP contribution in [0.25, 0.3) is 0 Å². The number of carbonyl (C=O) groups is 1. The van der Waals surface area contributed by atoms with Gasteiger partial charge in [-0.25, -0.2) is 0 Å². The van der Waals surface area contributed by atoms with E-state index in [4.69, 9.17) is 4.74 Å². The van der Waals surface area contributed by atoms with Gasteiger partial charge in [0.15, 0.2) is 0 Å². The minimum Gasteiger partial charge on any atom is -0.468 e. The van der Waals surface area contributed by atoms with Crippen molar-refractivity contribution in [1.29, 1.82) is 0 Å². The lowest BCUT2D eigenvalue weighted by Gasteiger charge is -2.11. The Morgan fingerprint density at radius 2 is 2.25 bits per heavy atom. The number of nitrogens with one attached hydrogen (secondary N) is 1. The van der Waals surface area contributed by atoms with Crippen LogP contribution in [0, 0.1) is 0 Å². The molecule has 2 atom stereocenters. The van der Waals surface area contributed by atoms with Crippen molar-refractivity contribution in [3.8, 4) is 0 Å². The van der Waals surface area contributed by atoms with Crippen molar-refractivity contribution >= 4 is 5.97 Å². The first-order valence-electron chi connectivity index (χ1n) is 4.10. The fourth-order valence-electron chi connectivity index (χ4n) is 1.48. The van der Waals surface area contributed by atoms with Crippen LogP contribution in [-0.2, 0) is 14.3 Å². The molecule has 0 radical (unpaired) electrons. The van der Waals surface area contributed by atoms with Crippen molar-refractivity contribution in [3.63, 3.8) is 0 Å². The molecule has 0 aromatic heterocycles. The van der Waals surface area contributed by atoms with Gasteiger partial charge in [0, 0.05) is 13.2 Å². The molecule has 1 aliphatic rings. The Morgan fingerprint density at radius 1 is 1.50 bits per heavy atom. The van der Waals surface area contributed by atoms with Crippen molar-refractivity contribution in [3.05, 3.63) is 0 Å². The highest BCUT2D eigenvalue weighted by atomic mass is 16.5. The van der Waals surface area contributed by atoms with Gasteiger partial charge < -0.3 is 9.47 Å². The maximum atomic E-state index is 11.0. The summed E-state index contributed by atoms with van der Waals surface area (Å²) in [5, 5.41) is 3.14. The average molecular weight is 173 g/mol. The molecule has 70 valence electrons. The summed E-state index contributed by atoms with van der Waals surface area (Å²) in [4.78, 5) is 11.0. The predicted molar refractivity (Wildman–Crippen MR) is 43.8 cm³/mol. The lowest BCUT2D eigenvalue weighted by molar-refractivity contribution is -0.142. The summed E-state index contributed by atoms with van der Waals surface area (Å²) in [6, 6.07) is 0.175. The van der Waals surface area contributed by atoms with Gasteiger partial charge in [0.2, 0.25) is 0 Å². The molecule has 0 aromatic carbocycles. The molecule has 1 rings (SSSR count). The molecule has 0 saturated carbocycles. The highest BCUT2D eigenvalue weighted by molar-refractivity contribution is 5.76. The molecule has 4 heteroatoms. The molecule has 1 fully saturated rings. The molecule has 1 N–H and O–H groups in total. The van der Waals surface area contributed by atoms with Crippen molar-refractivity contribution in [2.24, 2.45) is 0 Å². The van der Waals surface area contributed by atoms with Crippen molar-refractivity contribution in [1.82, 2.24) is 5.32 Å². The topological polar surface area (TPSA) is 47.6 Å². The van der Waals surface area contributed by atoms with Gasteiger partial charge in [-0.1, -0.05) is 0 Å². The summed E-state index contributed by atoms with van der Waals surface area (Å²) in [6.07, 6.45) is 1.83. The fraction of sp³-hybridized carbons (Fsp3) is 0.875. The van der Waals surface area contributed by atoms with Gasteiger partial charge in [-0.15, -0.1) is 0 Å². The lowest BCUT2D eigenvalue weighted by Crippen LogP contribution is -2.38. The maximum Gasteiger partial charge on any atom is 0.322 e. The molecular formula is C8H15NO3. The standard InChI is InChI=1S/C8H15NO3/c1-11-5-6-3-4-7(9-6)8(10)12-2/h6-7,9H,3-5H2,1-2H3/t6-,7+/m0/s1. The van der Waals surface area contributed by atoms with E-state index >= 15 is 0 Å². The van der Waals surface area contributed by atoms with Crippen molar-refractivity contribution in [2.75, 3.05) is 20.8 Å². The van der Waals surface area contributed by atoms with E-state index in [2.05, 4.69) is 10.1 Å². The summed E-state index contributed by atoms with van der Waals surface area (Å²) in [6.45, 7) is 0.660. The second-order valence-corrected chi connectivity index (χ2v) is 2.97. The molecule has 0 bridgehead atoms. The molecule has 4 nitrogen and oxygen atoms in total. The first-order valence-corrected chi connectivity index (χ1v) is 4.10. The van der Waals surface area contributed by atoms with Gasteiger partial charge in [0.25, 0.3) is 0 Å². The molecule has 0 unspecified atom stereocenters. The van der Waals surface area contributed by atoms with E-state index in [0.29, 0.717) is 12.6 Å². The highest BCUT2D eigenvalue weighted by Gasteiger charge is 2.29. The number of esters is 1. The normalized spacial score (nSPS) is 28.8. The van der Waals surface area contributed by atoms with Crippen LogP contribution in [0.15, 0.2) is 0 Å². The second-order valence-electron chi connectivity index (χ2n) is 2.97. The molecule has 0 aromatic rings. The van der Waals surface area contributed by atoms with Gasteiger partial charge in [-0.05, 0) is 12.8 Å². The smallest absolute Gasteiger partial charge is 0.322 e. The van der Waals surface area contributed by atoms with Gasteiger partial charge >= 0.3 is 5.97 Å². The number of rotatable bonds is 3. The summed E-state index contributed by atoms with van der Waals surface area (Å²) in [5.74, 6) is -0.173. The number of carbonyl (C=O) groups excluding carboxylic acids is 1. The zero-order chi connectivity index (χ0) is 8.97. The quantitative estimate of drug-likeness (QED) is 0.607. The molecule has 0 amide bonds. The molecule has 0 aliphatic carbocycles. The SMILES string of the molecule is COC[C@@H]1CC[C@H](C(=O)OC)N1. The molecule has 0 spiro atoms. The molecule has 1 saturated heterocycles. The van der Waals surface area contributed by atoms with Crippen molar-refractivity contribution < 1.29 is 14.3 Å². The third-order valence-electron chi connectivity index (χ3n) is 2.09. The monoisotopic (exact) mass is 173 g/mol. The third kappa shape index (κ3) is 2.19. The zero-order valence-electron chi connectivity index (χ0n) is 7.50. The number of hydrogen-bond donors (Lipinski definition) is 1. The number of methoxy groups -OCH3 is 2. The molecular weight excluding hydrogens is 158 g/mol. The fourth-order valence-corrected chi connectivity index (χ4v) is 1.48. The summed E-state index contributed by atoms with van der Waals surface area (Å²) < 4.78 is 9.59. The predicted octanol–water partition coefficient (Wildman–Crippen LogP) is -0.0736. The van der Waals surface area contributed by atoms with E-state index in [1.807, 2.05) is 0 Å². The van der Waals surface area contributed by atoms with Crippen LogP contribution in [0.4, 0.5) is 0 Å². The average Bonchev–Trinajstić information content (AvgIpc) is 2.52. The molecule has 1 heterocycles. The van der Waals surface area contributed by atoms with Crippen LogP contribution in [0.3, 0.4) is 0 Å². The first kappa shape index (κ1) is 9.48. The van der Waals surface area contributed by atoms with E-state index in [0.717, 1.165) is 12.8 Å². The Kier molecular flexibility index (Phi) is 3.49. The van der Waals surface area contributed by atoms with Gasteiger partial charge in [-0.2, -0.15) is 0 Å². The summed E-state index contributed by atoms with van der Waals surface area (Å²) in [5.41, 5.74) is 0. The van der Waals surface area contributed by atoms with Gasteiger partial charge in [-0.3, -0.25) is 10.1 Å². The Hall–Kier alpha value is -0.610. The minimum absolute atomic E-state index is 0.129. The van der Waals surface area contributed by atoms with E-state index < -0.39 is 0 Å². The van der Waals surface area contributed by atoms with E-state index in [9.17, 15) is 4.79 Å². The molecule has 12 heavy (non-hydrogen) atoms. The van der Waals surface area contributed by atoms with Crippen LogP contribution in [0.1, 0.15) is 12.8 Å². The van der Waals surface area contributed by atoms with Gasteiger partial charge in [0.05, 0.1) is 13.7 Å². The van der Waals surface area contributed by atoms with E-state index in [1.54, 1.807) is 7.11 Å². The minimum atomic E-state index is -0.173. The Bertz CT molecular complexity index is 160. The zero-order valence-corrected chi connectivity index (χ0v) is 7.50. The van der Waals surface area contributed by atoms with Crippen LogP contribution in [-0.4, -0.2) is 38.9 Å². The highest BCUT2D eigenvalue weighted by Crippen LogP contribution is 2.13. The Balaban J connectivity index is 2.30. The third-order valence-corrected chi connectivity index (χ3v) is 2.09. The first-order chi connectivity index (χ1) is 5.77. The van der Waals surface area contributed by atoms with Crippen LogP contribution < -0.4 is 5.32 Å². The van der Waals surface area contributed by atoms with E-state index in [-0.39, 0.29) is 12.0 Å². The second kappa shape index (κ2) is 4.42. The van der Waals surface area contributed by atoms with E-state index in [1.165, 1.54) is 7.11 Å². The summed E-state index contributed by atoms with van der Waals surface area (Å²) >= 11 is 0.